The van der Waals surface area contributed by atoms with Gasteiger partial charge < -0.3 is 8.98 Å². The van der Waals surface area contributed by atoms with Gasteiger partial charge in [-0.1, -0.05) is 91.0 Å². The molecule has 10 aromatic rings. The first-order valence-corrected chi connectivity index (χ1v) is 15.8. The first kappa shape index (κ1) is 24.6. The topological polar surface area (TPSA) is 43.9 Å². The summed E-state index contributed by atoms with van der Waals surface area (Å²) in [6, 6.07) is 49.0. The maximum atomic E-state index is 6.45. The van der Waals surface area contributed by atoms with E-state index in [-0.39, 0.29) is 0 Å². The van der Waals surface area contributed by atoms with Crippen LogP contribution in [0.15, 0.2) is 144 Å². The van der Waals surface area contributed by atoms with E-state index in [4.69, 9.17) is 14.4 Å². The number of nitrogens with zero attached hydrogens (tertiary/aromatic N) is 3. The van der Waals surface area contributed by atoms with Crippen molar-refractivity contribution in [1.29, 1.82) is 0 Å². The lowest BCUT2D eigenvalue weighted by Crippen LogP contribution is -1.97. The van der Waals surface area contributed by atoms with E-state index in [0.717, 1.165) is 39.0 Å². The second-order valence-electron chi connectivity index (χ2n) is 11.4. The summed E-state index contributed by atoms with van der Waals surface area (Å²) in [5.41, 5.74) is 8.48. The van der Waals surface area contributed by atoms with Crippen LogP contribution in [0.2, 0.25) is 0 Å². The summed E-state index contributed by atoms with van der Waals surface area (Å²) < 4.78 is 11.5. The van der Waals surface area contributed by atoms with E-state index in [1.54, 1.807) is 0 Å². The van der Waals surface area contributed by atoms with Gasteiger partial charge in [0.25, 0.3) is 0 Å². The van der Waals surface area contributed by atoms with Crippen molar-refractivity contribution in [2.45, 2.75) is 0 Å². The molecular formula is C40H23N3OS. The van der Waals surface area contributed by atoms with E-state index in [9.17, 15) is 0 Å². The highest BCUT2D eigenvalue weighted by Crippen LogP contribution is 2.41. The number of hydrogen-bond donors (Lipinski definition) is 0. The molecule has 0 amide bonds. The van der Waals surface area contributed by atoms with Crippen molar-refractivity contribution in [3.63, 3.8) is 0 Å². The molecule has 45 heavy (non-hydrogen) atoms. The van der Waals surface area contributed by atoms with Gasteiger partial charge in [0.1, 0.15) is 16.8 Å². The van der Waals surface area contributed by atoms with E-state index in [2.05, 4.69) is 108 Å². The van der Waals surface area contributed by atoms with Crippen LogP contribution in [0.5, 0.6) is 0 Å². The Morgan fingerprint density at radius 1 is 0.511 bits per heavy atom. The van der Waals surface area contributed by atoms with E-state index >= 15 is 0 Å². The number of rotatable bonds is 3. The summed E-state index contributed by atoms with van der Waals surface area (Å²) in [4.78, 5) is 10.2. The van der Waals surface area contributed by atoms with Gasteiger partial charge in [0.15, 0.2) is 11.4 Å². The van der Waals surface area contributed by atoms with Gasteiger partial charge >= 0.3 is 0 Å². The monoisotopic (exact) mass is 593 g/mol. The van der Waals surface area contributed by atoms with Crippen LogP contribution in [0.4, 0.5) is 0 Å². The highest BCUT2D eigenvalue weighted by Gasteiger charge is 2.20. The van der Waals surface area contributed by atoms with Crippen molar-refractivity contribution in [2.75, 3.05) is 0 Å². The smallest absolute Gasteiger partial charge is 0.180 e. The van der Waals surface area contributed by atoms with Crippen molar-refractivity contribution < 1.29 is 4.42 Å². The molecule has 10 rings (SSSR count). The van der Waals surface area contributed by atoms with E-state index < -0.39 is 0 Å². The van der Waals surface area contributed by atoms with Crippen LogP contribution >= 0.6 is 11.3 Å². The molecule has 0 saturated carbocycles. The van der Waals surface area contributed by atoms with Gasteiger partial charge in [-0.15, -0.1) is 11.3 Å². The fraction of sp³-hybridized carbons (Fsp3) is 0. The minimum Gasteiger partial charge on any atom is -0.452 e. The van der Waals surface area contributed by atoms with Crippen LogP contribution < -0.4 is 0 Å². The number of benzene rings is 6. The normalized spacial score (nSPS) is 12.0. The second kappa shape index (κ2) is 9.36. The van der Waals surface area contributed by atoms with Gasteiger partial charge in [-0.2, -0.15) is 0 Å². The van der Waals surface area contributed by atoms with E-state index in [0.29, 0.717) is 11.4 Å². The number of para-hydroxylation sites is 2. The molecule has 0 aliphatic rings. The van der Waals surface area contributed by atoms with Crippen LogP contribution in [-0.4, -0.2) is 14.5 Å². The SMILES string of the molecule is c1ccc(-c2nc(-c3cccc(-n4c5ccccc5c5cc6sc7ccccc7c6cc54)c3)c3oc4ccccc4c3n2)cc1. The predicted molar refractivity (Wildman–Crippen MR) is 187 cm³/mol. The summed E-state index contributed by atoms with van der Waals surface area (Å²) in [6.45, 7) is 0. The van der Waals surface area contributed by atoms with Crippen LogP contribution in [0.25, 0.3) is 92.4 Å². The largest absolute Gasteiger partial charge is 0.452 e. The fourth-order valence-corrected chi connectivity index (χ4v) is 7.89. The minimum absolute atomic E-state index is 0.679. The average molecular weight is 594 g/mol. The molecule has 0 fully saturated rings. The Morgan fingerprint density at radius 3 is 2.18 bits per heavy atom. The minimum atomic E-state index is 0.679. The molecule has 4 aromatic heterocycles. The zero-order chi connectivity index (χ0) is 29.5. The first-order chi connectivity index (χ1) is 22.3. The Bertz CT molecular complexity index is 2770. The van der Waals surface area contributed by atoms with Gasteiger partial charge in [0, 0.05) is 53.1 Å². The van der Waals surface area contributed by atoms with Crippen molar-refractivity contribution in [1.82, 2.24) is 14.5 Å². The summed E-state index contributed by atoms with van der Waals surface area (Å²) in [6.07, 6.45) is 0. The lowest BCUT2D eigenvalue weighted by atomic mass is 10.1. The molecule has 4 heterocycles. The van der Waals surface area contributed by atoms with E-state index in [1.807, 2.05) is 47.7 Å². The number of aromatic nitrogens is 3. The zero-order valence-corrected chi connectivity index (χ0v) is 24.8. The molecule has 0 aliphatic carbocycles. The quantitative estimate of drug-likeness (QED) is 0.205. The van der Waals surface area contributed by atoms with Crippen LogP contribution in [-0.2, 0) is 0 Å². The van der Waals surface area contributed by atoms with Gasteiger partial charge in [-0.25, -0.2) is 9.97 Å². The van der Waals surface area contributed by atoms with Crippen molar-refractivity contribution in [3.8, 4) is 28.3 Å². The molecule has 0 saturated heterocycles. The van der Waals surface area contributed by atoms with Crippen molar-refractivity contribution in [3.05, 3.63) is 140 Å². The lowest BCUT2D eigenvalue weighted by Gasteiger charge is -2.11. The molecule has 4 nitrogen and oxygen atoms in total. The molecule has 0 N–H and O–H groups in total. The van der Waals surface area contributed by atoms with Crippen LogP contribution in [0, 0.1) is 0 Å². The summed E-state index contributed by atoms with van der Waals surface area (Å²) >= 11 is 1.86. The number of hydrogen-bond acceptors (Lipinski definition) is 4. The van der Waals surface area contributed by atoms with Gasteiger partial charge in [-0.05, 0) is 48.5 Å². The third-order valence-corrected chi connectivity index (χ3v) is 9.93. The third-order valence-electron chi connectivity index (χ3n) is 8.80. The summed E-state index contributed by atoms with van der Waals surface area (Å²) in [5.74, 6) is 0.679. The molecule has 6 aromatic carbocycles. The number of fused-ring (bicyclic) bond motifs is 9. The zero-order valence-electron chi connectivity index (χ0n) is 23.9. The van der Waals surface area contributed by atoms with Gasteiger partial charge in [0.2, 0.25) is 0 Å². The van der Waals surface area contributed by atoms with Gasteiger partial charge in [0.05, 0.1) is 11.0 Å². The number of thiophene rings is 1. The third kappa shape index (κ3) is 3.65. The Balaban J connectivity index is 1.26. The second-order valence-corrected chi connectivity index (χ2v) is 12.5. The van der Waals surface area contributed by atoms with Crippen molar-refractivity contribution >= 4 is 75.4 Å². The molecular weight excluding hydrogens is 571 g/mol. The highest BCUT2D eigenvalue weighted by molar-refractivity contribution is 7.25. The summed E-state index contributed by atoms with van der Waals surface area (Å²) in [5, 5.41) is 6.06. The average Bonchev–Trinajstić information content (AvgIpc) is 3.76. The molecule has 0 aliphatic heterocycles. The highest BCUT2D eigenvalue weighted by atomic mass is 32.1. The Labute approximate surface area is 261 Å². The Morgan fingerprint density at radius 2 is 1.27 bits per heavy atom. The Kier molecular flexibility index (Phi) is 5.12. The van der Waals surface area contributed by atoms with Crippen molar-refractivity contribution in [2.24, 2.45) is 0 Å². The maximum absolute atomic E-state index is 6.45. The molecule has 0 radical (unpaired) electrons. The lowest BCUT2D eigenvalue weighted by molar-refractivity contribution is 0.667. The molecule has 0 spiro atoms. The predicted octanol–water partition coefficient (Wildman–Crippen LogP) is 11.2. The van der Waals surface area contributed by atoms with Crippen LogP contribution in [0.1, 0.15) is 0 Å². The fourth-order valence-electron chi connectivity index (χ4n) is 6.76. The maximum Gasteiger partial charge on any atom is 0.180 e. The molecule has 210 valence electrons. The first-order valence-electron chi connectivity index (χ1n) is 15.0. The molecule has 5 heteroatoms. The Hall–Kier alpha value is -5.78. The van der Waals surface area contributed by atoms with Crippen LogP contribution in [0.3, 0.4) is 0 Å². The molecule has 0 bridgehead atoms. The standard InChI is InChI=1S/C40H23N3OS/c1-2-11-24(12-3-1)40-41-37(39-38(42-40)29-17-5-8-19-34(29)44-39)25-13-10-14-26(21-25)43-32-18-7-4-15-27(32)30-23-36-31(22-33(30)43)28-16-6-9-20-35(28)45-36/h1-23H. The molecule has 0 atom stereocenters. The molecule has 0 unspecified atom stereocenters. The number of furan rings is 1. The summed E-state index contributed by atoms with van der Waals surface area (Å²) in [7, 11) is 0. The van der Waals surface area contributed by atoms with Gasteiger partial charge in [-0.3, -0.25) is 0 Å². The van der Waals surface area contributed by atoms with E-state index in [1.165, 1.54) is 42.0 Å².